The lowest BCUT2D eigenvalue weighted by molar-refractivity contribution is -0.0187. The summed E-state index contributed by atoms with van der Waals surface area (Å²) in [6.45, 7) is 2.51. The van der Waals surface area contributed by atoms with Crippen LogP contribution in [0.1, 0.15) is 21.6 Å². The molecule has 2 aromatic rings. The predicted molar refractivity (Wildman–Crippen MR) is 161 cm³/mol. The third-order valence-electron chi connectivity index (χ3n) is 9.18. The molecule has 1 aliphatic heterocycles. The molecule has 0 atom stereocenters. The molecule has 1 fully saturated rings. The molecule has 1 amide bonds. The Morgan fingerprint density at radius 2 is 1.60 bits per heavy atom. The Morgan fingerprint density at radius 1 is 1.03 bits per heavy atom. The van der Waals surface area contributed by atoms with Gasteiger partial charge in [-0.1, -0.05) is 17.7 Å². The number of likely N-dealkylation sites (tertiary alicyclic amines) is 1. The molecule has 1 saturated heterocycles. The van der Waals surface area contributed by atoms with Crippen LogP contribution in [0.5, 0.6) is 0 Å². The van der Waals surface area contributed by atoms with Crippen LogP contribution in [0.2, 0.25) is 15.5 Å². The topological polar surface area (TPSA) is 45.2 Å². The molecular formula is C20H30B8ClF2N3O. The number of rotatable bonds is 5. The minimum Gasteiger partial charge on any atom is -0.361 e. The van der Waals surface area contributed by atoms with E-state index in [0.29, 0.717) is 6.54 Å². The average Bonchev–Trinajstić information content (AvgIpc) is 2.75. The number of aromatic nitrogens is 1. The molecule has 1 aromatic carbocycles. The van der Waals surface area contributed by atoms with Gasteiger partial charge in [0.15, 0.2) is 0 Å². The average molecular weight is 488 g/mol. The van der Waals surface area contributed by atoms with E-state index >= 15 is 4.39 Å². The number of aryl methyl sites for hydroxylation is 1. The number of hydrogen-bond acceptors (Lipinski definition) is 3. The number of benzene rings is 1. The Bertz CT molecular complexity index is 1110. The first kappa shape index (κ1) is 28.0. The van der Waals surface area contributed by atoms with Crippen LogP contribution in [0.25, 0.3) is 0 Å². The molecule has 15 heteroatoms. The molecule has 0 bridgehead atoms. The van der Waals surface area contributed by atoms with Gasteiger partial charge in [-0.05, 0) is 57.9 Å². The van der Waals surface area contributed by atoms with Gasteiger partial charge in [0, 0.05) is 24.8 Å². The molecule has 0 radical (unpaired) electrons. The fraction of sp³-hybridized carbons (Fsp3) is 0.400. The molecule has 176 valence electrons. The minimum absolute atomic E-state index is 0.0970. The van der Waals surface area contributed by atoms with Crippen molar-refractivity contribution in [2.24, 2.45) is 0 Å². The highest BCUT2D eigenvalue weighted by atomic mass is 35.5. The maximum Gasteiger partial charge on any atom is 0.252 e. The Morgan fingerprint density at radius 3 is 2.09 bits per heavy atom. The van der Waals surface area contributed by atoms with Crippen LogP contribution >= 0.6 is 11.6 Å². The molecule has 4 nitrogen and oxygen atoms in total. The van der Waals surface area contributed by atoms with Crippen molar-refractivity contribution < 1.29 is 13.6 Å². The number of pyridine rings is 1. The fourth-order valence-electron chi connectivity index (χ4n) is 5.68. The highest BCUT2D eigenvalue weighted by Gasteiger charge is 2.71. The van der Waals surface area contributed by atoms with Crippen LogP contribution in [0.15, 0.2) is 36.5 Å². The molecule has 35 heavy (non-hydrogen) atoms. The van der Waals surface area contributed by atoms with Gasteiger partial charge < -0.3 is 10.2 Å². The Balaban J connectivity index is 2.02. The van der Waals surface area contributed by atoms with Crippen molar-refractivity contribution in [3.05, 3.63) is 64.2 Å². The van der Waals surface area contributed by atoms with Crippen LogP contribution in [0, 0.1) is 12.7 Å². The monoisotopic (exact) mass is 489 g/mol. The zero-order valence-corrected chi connectivity index (χ0v) is 23.1. The minimum atomic E-state index is -1.70. The number of carbonyl (C=O) groups excluding carboxylic acids is 1. The van der Waals surface area contributed by atoms with Crippen LogP contribution in [-0.4, -0.2) is 101 Å². The van der Waals surface area contributed by atoms with E-state index in [0.717, 1.165) is 11.3 Å². The second-order valence-electron chi connectivity index (χ2n) is 11.9. The van der Waals surface area contributed by atoms with Gasteiger partial charge in [0.05, 0.1) is 10.7 Å². The van der Waals surface area contributed by atoms with Crippen LogP contribution < -0.4 is 5.32 Å². The van der Waals surface area contributed by atoms with Gasteiger partial charge in [-0.3, -0.25) is 9.78 Å². The van der Waals surface area contributed by atoms with E-state index in [-0.39, 0.29) is 23.0 Å². The molecule has 0 unspecified atom stereocenters. The van der Waals surface area contributed by atoms with Crippen molar-refractivity contribution in [3.8, 4) is 0 Å². The number of piperidine rings is 1. The fourth-order valence-corrected chi connectivity index (χ4v) is 5.86. The normalized spacial score (nSPS) is 21.3. The first-order chi connectivity index (χ1) is 15.9. The van der Waals surface area contributed by atoms with Gasteiger partial charge in [0.25, 0.3) is 5.91 Å². The van der Waals surface area contributed by atoms with Gasteiger partial charge in [0.2, 0.25) is 0 Å². The third-order valence-corrected chi connectivity index (χ3v) is 9.47. The highest BCUT2D eigenvalue weighted by Crippen LogP contribution is 2.64. The van der Waals surface area contributed by atoms with Crippen molar-refractivity contribution in [3.63, 3.8) is 0 Å². The van der Waals surface area contributed by atoms with E-state index in [1.165, 1.54) is 18.2 Å². The lowest BCUT2D eigenvalue weighted by atomic mass is 9.15. The number of amides is 1. The third kappa shape index (κ3) is 4.22. The first-order valence-corrected chi connectivity index (χ1v) is 12.4. The van der Waals surface area contributed by atoms with E-state index in [9.17, 15) is 9.18 Å². The number of carbonyl (C=O) groups is 1. The van der Waals surface area contributed by atoms with Gasteiger partial charge in [-0.25, -0.2) is 8.78 Å². The molecule has 0 saturated carbocycles. The SMILES string of the molecule is BC1(B)N(C(=O)c2ccc(F)c(Cl)c2)C(B)(B)C(B)(B)C(F)(CNCc2ccc(C)cn2)C1(B)B. The predicted octanol–water partition coefficient (Wildman–Crippen LogP) is -4.26. The summed E-state index contributed by atoms with van der Waals surface area (Å²) in [5.74, 6) is -0.889. The van der Waals surface area contributed by atoms with E-state index in [1.807, 2.05) is 81.8 Å². The summed E-state index contributed by atoms with van der Waals surface area (Å²) in [7, 11) is 15.2. The van der Waals surface area contributed by atoms with E-state index in [4.69, 9.17) is 11.6 Å². The molecule has 3 rings (SSSR count). The van der Waals surface area contributed by atoms with E-state index < -0.39 is 32.6 Å². The quantitative estimate of drug-likeness (QED) is 0.434. The summed E-state index contributed by atoms with van der Waals surface area (Å²) in [4.78, 5) is 20.1. The molecule has 1 aromatic heterocycles. The van der Waals surface area contributed by atoms with Gasteiger partial charge in [0.1, 0.15) is 74.3 Å². The molecule has 0 spiro atoms. The Kier molecular flexibility index (Phi) is 7.29. The highest BCUT2D eigenvalue weighted by molar-refractivity contribution is 6.62. The molecular weight excluding hydrogens is 458 g/mol. The molecule has 1 N–H and O–H groups in total. The number of hydrogen-bond donors (Lipinski definition) is 1. The first-order valence-electron chi connectivity index (χ1n) is 12.0. The van der Waals surface area contributed by atoms with Crippen LogP contribution in [0.3, 0.4) is 0 Å². The summed E-state index contributed by atoms with van der Waals surface area (Å²) in [6, 6.07) is 7.90. The lowest BCUT2D eigenvalue weighted by Gasteiger charge is -2.74. The molecule has 0 aliphatic carbocycles. The van der Waals surface area contributed by atoms with Crippen molar-refractivity contribution in [1.29, 1.82) is 0 Å². The summed E-state index contributed by atoms with van der Waals surface area (Å²) >= 11 is 5.99. The van der Waals surface area contributed by atoms with Gasteiger partial charge in [-0.15, -0.1) is 0 Å². The summed E-state index contributed by atoms with van der Waals surface area (Å²) in [6.07, 6.45) is 1.80. The lowest BCUT2D eigenvalue weighted by Crippen LogP contribution is -2.85. The smallest absolute Gasteiger partial charge is 0.252 e. The van der Waals surface area contributed by atoms with Crippen molar-refractivity contribution >= 4 is 80.3 Å². The number of nitrogens with one attached hydrogen (secondary N) is 1. The number of alkyl halides is 1. The largest absolute Gasteiger partial charge is 0.361 e. The second kappa shape index (κ2) is 9.09. The van der Waals surface area contributed by atoms with Crippen molar-refractivity contribution in [2.45, 2.75) is 40.2 Å². The van der Waals surface area contributed by atoms with Gasteiger partial charge in [-0.2, -0.15) is 0 Å². The van der Waals surface area contributed by atoms with Crippen LogP contribution in [0.4, 0.5) is 8.78 Å². The summed E-state index contributed by atoms with van der Waals surface area (Å²) < 4.78 is 31.4. The Hall–Kier alpha value is -1.53. The number of nitrogens with zero attached hydrogens (tertiary/aromatic N) is 2. The second-order valence-corrected chi connectivity index (χ2v) is 12.3. The molecule has 1 aliphatic rings. The summed E-state index contributed by atoms with van der Waals surface area (Å²) in [5.41, 5.74) is 0.490. The van der Waals surface area contributed by atoms with Crippen molar-refractivity contribution in [1.82, 2.24) is 15.2 Å². The zero-order chi connectivity index (χ0) is 26.6. The standard InChI is InChI=1S/C20H30B8ClF2N3O/c1-10-2-4-12(33-7-10)8-32-9-16(31)17(21,22)19(25,26)34(20(27,28)18(16,23)24)15(35)11-3-5-14(30)13(29)6-11/h2-7,32H,8-9,21-28H2,1H3. The van der Waals surface area contributed by atoms with E-state index in [1.54, 1.807) is 11.1 Å². The summed E-state index contributed by atoms with van der Waals surface area (Å²) in [5, 5.41) is -0.540. The maximum absolute atomic E-state index is 17.6. The Labute approximate surface area is 219 Å². The zero-order valence-electron chi connectivity index (χ0n) is 22.3. The maximum atomic E-state index is 17.6. The molecule has 2 heterocycles. The van der Waals surface area contributed by atoms with Gasteiger partial charge >= 0.3 is 0 Å². The van der Waals surface area contributed by atoms with Crippen molar-refractivity contribution in [2.75, 3.05) is 6.54 Å². The van der Waals surface area contributed by atoms with E-state index in [2.05, 4.69) is 10.3 Å². The van der Waals surface area contributed by atoms with Crippen LogP contribution in [-0.2, 0) is 6.54 Å². The number of halogens is 3.